The van der Waals surface area contributed by atoms with Gasteiger partial charge in [-0.05, 0) is 18.6 Å². The lowest BCUT2D eigenvalue weighted by Gasteiger charge is -2.29. The van der Waals surface area contributed by atoms with Gasteiger partial charge in [0, 0.05) is 22.9 Å². The van der Waals surface area contributed by atoms with E-state index in [0.717, 1.165) is 24.7 Å². The molecule has 0 fully saturated rings. The number of hydrogen-bond acceptors (Lipinski definition) is 8. The number of aryl methyl sites for hydroxylation is 1. The van der Waals surface area contributed by atoms with Gasteiger partial charge in [-0.2, -0.15) is 50.1 Å². The van der Waals surface area contributed by atoms with Crippen LogP contribution in [0.25, 0.3) is 22.5 Å². The number of nitrogens with one attached hydrogen (secondary N) is 1. The van der Waals surface area contributed by atoms with Crippen molar-refractivity contribution in [2.75, 3.05) is 5.73 Å². The van der Waals surface area contributed by atoms with Gasteiger partial charge in [0.25, 0.3) is 11.5 Å². The van der Waals surface area contributed by atoms with Crippen molar-refractivity contribution in [3.05, 3.63) is 47.9 Å². The third-order valence-corrected chi connectivity index (χ3v) is 5.19. The molecule has 216 valence electrons. The molecule has 1 atom stereocenters. The quantitative estimate of drug-likeness (QED) is 0.305. The zero-order valence-corrected chi connectivity index (χ0v) is 19.6. The summed E-state index contributed by atoms with van der Waals surface area (Å²) in [6.07, 6.45) is -13.2. The molecule has 3 rings (SSSR count). The average Bonchev–Trinajstić information content (AvgIpc) is 3.27. The van der Waals surface area contributed by atoms with Crippen molar-refractivity contribution in [2.45, 2.75) is 37.6 Å². The Labute approximate surface area is 216 Å². The van der Waals surface area contributed by atoms with Crippen LogP contribution in [0, 0.1) is 6.92 Å². The summed E-state index contributed by atoms with van der Waals surface area (Å²) in [5.41, 5.74) is 0.190. The minimum atomic E-state index is -5.85. The van der Waals surface area contributed by atoms with E-state index in [1.165, 1.54) is 6.92 Å². The summed E-state index contributed by atoms with van der Waals surface area (Å²) in [6, 6.07) is 2.24. The highest BCUT2D eigenvalue weighted by atomic mass is 19.4. The van der Waals surface area contributed by atoms with Crippen molar-refractivity contribution in [1.29, 1.82) is 0 Å². The maximum absolute atomic E-state index is 13.9. The van der Waals surface area contributed by atoms with Gasteiger partial charge >= 0.3 is 24.5 Å². The smallest absolute Gasteiger partial charge is 0.382 e. The van der Waals surface area contributed by atoms with E-state index in [-0.39, 0.29) is 33.9 Å². The Bertz CT molecular complexity index is 1440. The molecule has 0 aliphatic carbocycles. The van der Waals surface area contributed by atoms with Crippen molar-refractivity contribution in [2.24, 2.45) is 0 Å². The highest BCUT2D eigenvalue weighted by Gasteiger charge is 2.61. The number of alkyl halides is 9. The Balaban J connectivity index is 2.05. The van der Waals surface area contributed by atoms with Gasteiger partial charge in [0.05, 0.1) is 18.1 Å². The molecule has 19 heteroatoms. The maximum atomic E-state index is 13.9. The van der Waals surface area contributed by atoms with Crippen molar-refractivity contribution in [1.82, 2.24) is 25.2 Å². The maximum Gasteiger partial charge on any atom is 0.493 e. The fraction of sp³-hybridized carbons (Fsp3) is 0.286. The number of rotatable bonds is 5. The number of hydroxylamine groups is 1. The van der Waals surface area contributed by atoms with E-state index < -0.39 is 48.1 Å². The first-order valence-corrected chi connectivity index (χ1v) is 10.4. The van der Waals surface area contributed by atoms with E-state index in [1.807, 2.05) is 0 Å². The van der Waals surface area contributed by atoms with Crippen LogP contribution >= 0.6 is 0 Å². The zero-order valence-electron chi connectivity index (χ0n) is 19.6. The standard InChI is InChI=1S/C21H15F9N6O4/c1-9-2-3-11(19(39,21(28,29)30)16(37)35-40-17(38)20(25,26)27)4-12(9)13-6-32-15(31)14(34-13)10-5-33-36(7-10)8-18(22,23)24/h2-7,39H,8H2,1H3,(H2,31,32)(H,35,37). The van der Waals surface area contributed by atoms with Gasteiger partial charge in [0.15, 0.2) is 0 Å². The predicted molar refractivity (Wildman–Crippen MR) is 114 cm³/mol. The van der Waals surface area contributed by atoms with Crippen LogP contribution in [-0.2, 0) is 26.6 Å². The molecule has 40 heavy (non-hydrogen) atoms. The van der Waals surface area contributed by atoms with E-state index >= 15 is 0 Å². The number of nitrogens with two attached hydrogens (primary N) is 1. The van der Waals surface area contributed by atoms with Crippen molar-refractivity contribution < 1.29 is 59.0 Å². The summed E-state index contributed by atoms with van der Waals surface area (Å²) >= 11 is 0. The molecule has 2 heterocycles. The zero-order chi connectivity index (χ0) is 30.3. The number of aromatic nitrogens is 4. The third kappa shape index (κ3) is 6.24. The molecular weight excluding hydrogens is 571 g/mol. The van der Waals surface area contributed by atoms with Crippen molar-refractivity contribution in [3.8, 4) is 22.5 Å². The molecule has 1 amide bonds. The first kappa shape index (κ1) is 30.1. The van der Waals surface area contributed by atoms with E-state index in [2.05, 4.69) is 19.9 Å². The first-order valence-electron chi connectivity index (χ1n) is 10.4. The number of anilines is 1. The lowest BCUT2D eigenvalue weighted by atomic mass is 9.89. The molecule has 10 nitrogen and oxygen atoms in total. The van der Waals surface area contributed by atoms with Gasteiger partial charge < -0.3 is 15.7 Å². The van der Waals surface area contributed by atoms with Gasteiger partial charge in [0.1, 0.15) is 18.1 Å². The molecule has 1 aromatic carbocycles. The van der Waals surface area contributed by atoms with Gasteiger partial charge in [-0.25, -0.2) is 14.8 Å². The Morgan fingerprint density at radius 1 is 1.07 bits per heavy atom. The number of carbonyl (C=O) groups is 2. The molecule has 0 aliphatic heterocycles. The number of halogens is 9. The molecular formula is C21H15F9N6O4. The fourth-order valence-corrected chi connectivity index (χ4v) is 3.27. The van der Waals surface area contributed by atoms with E-state index in [9.17, 15) is 54.2 Å². The first-order chi connectivity index (χ1) is 18.2. The molecule has 2 aromatic heterocycles. The number of carbonyl (C=O) groups excluding carboxylic acids is 2. The molecule has 0 radical (unpaired) electrons. The molecule has 4 N–H and O–H groups in total. The van der Waals surface area contributed by atoms with Crippen LogP contribution in [-0.4, -0.2) is 55.3 Å². The van der Waals surface area contributed by atoms with Crippen LogP contribution in [0.5, 0.6) is 0 Å². The summed E-state index contributed by atoms with van der Waals surface area (Å²) in [4.78, 5) is 34.3. The lowest BCUT2D eigenvalue weighted by molar-refractivity contribution is -0.262. The van der Waals surface area contributed by atoms with E-state index in [4.69, 9.17) is 5.73 Å². The molecule has 0 bridgehead atoms. The topological polar surface area (TPSA) is 145 Å². The minimum absolute atomic E-state index is 0.0393. The Hall–Kier alpha value is -4.42. The number of amides is 1. The Morgan fingerprint density at radius 2 is 1.73 bits per heavy atom. The SMILES string of the molecule is Cc1ccc(C(O)(C(=O)NOC(=O)C(F)(F)F)C(F)(F)F)cc1-c1cnc(N)c(-c2cnn(CC(F)(F)F)c2)n1. The summed E-state index contributed by atoms with van der Waals surface area (Å²) in [7, 11) is 0. The number of nitrogens with zero attached hydrogens (tertiary/aromatic N) is 4. The molecule has 0 spiro atoms. The highest BCUT2D eigenvalue weighted by Crippen LogP contribution is 2.41. The average molecular weight is 586 g/mol. The molecule has 1 unspecified atom stereocenters. The summed E-state index contributed by atoms with van der Waals surface area (Å²) in [5, 5.41) is 13.9. The summed E-state index contributed by atoms with van der Waals surface area (Å²) in [6.45, 7) is -0.0758. The van der Waals surface area contributed by atoms with Gasteiger partial charge in [-0.3, -0.25) is 9.48 Å². The molecule has 0 saturated carbocycles. The Morgan fingerprint density at radius 3 is 2.30 bits per heavy atom. The number of aliphatic hydroxyl groups is 1. The number of nitrogen functional groups attached to an aromatic ring is 1. The molecule has 3 aromatic rings. The fourth-order valence-electron chi connectivity index (χ4n) is 3.27. The predicted octanol–water partition coefficient (Wildman–Crippen LogP) is 3.35. The van der Waals surface area contributed by atoms with Crippen molar-refractivity contribution >= 4 is 17.7 Å². The monoisotopic (exact) mass is 586 g/mol. The molecule has 0 aliphatic rings. The second-order valence-corrected chi connectivity index (χ2v) is 8.09. The van der Waals surface area contributed by atoms with Crippen LogP contribution < -0.4 is 11.2 Å². The minimum Gasteiger partial charge on any atom is -0.382 e. The Kier molecular flexibility index (Phi) is 7.74. The second kappa shape index (κ2) is 10.3. The summed E-state index contributed by atoms with van der Waals surface area (Å²) in [5.74, 6) is -5.92. The van der Waals surface area contributed by atoms with E-state index in [1.54, 1.807) is 0 Å². The third-order valence-electron chi connectivity index (χ3n) is 5.19. The number of hydrogen-bond donors (Lipinski definition) is 3. The van der Waals surface area contributed by atoms with Gasteiger partial charge in [0.2, 0.25) is 0 Å². The van der Waals surface area contributed by atoms with Crippen molar-refractivity contribution in [3.63, 3.8) is 0 Å². The van der Waals surface area contributed by atoms with Gasteiger partial charge in [-0.15, -0.1) is 0 Å². The highest BCUT2D eigenvalue weighted by molar-refractivity contribution is 5.88. The van der Waals surface area contributed by atoms with E-state index in [0.29, 0.717) is 22.3 Å². The molecule has 0 saturated heterocycles. The van der Waals surface area contributed by atoms with Gasteiger partial charge in [-0.1, -0.05) is 12.1 Å². The van der Waals surface area contributed by atoms with Crippen LogP contribution in [0.4, 0.5) is 45.3 Å². The van der Waals surface area contributed by atoms with Crippen LogP contribution in [0.15, 0.2) is 36.8 Å². The van der Waals surface area contributed by atoms with Crippen LogP contribution in [0.2, 0.25) is 0 Å². The van der Waals surface area contributed by atoms with Crippen LogP contribution in [0.3, 0.4) is 0 Å². The summed E-state index contributed by atoms with van der Waals surface area (Å²) < 4.78 is 117. The lowest BCUT2D eigenvalue weighted by Crippen LogP contribution is -2.55. The normalized spacial score (nSPS) is 14.0. The number of benzene rings is 1. The van der Waals surface area contributed by atoms with Crippen LogP contribution in [0.1, 0.15) is 11.1 Å². The second-order valence-electron chi connectivity index (χ2n) is 8.09. The largest absolute Gasteiger partial charge is 0.493 e.